The van der Waals surface area contributed by atoms with Gasteiger partial charge in [0.1, 0.15) is 4.88 Å². The fourth-order valence-corrected chi connectivity index (χ4v) is 4.83. The largest absolute Gasteiger partial charge is 0.326 e. The van der Waals surface area contributed by atoms with Crippen molar-refractivity contribution in [2.75, 3.05) is 10.6 Å². The maximum atomic E-state index is 12.6. The van der Waals surface area contributed by atoms with Crippen molar-refractivity contribution in [3.05, 3.63) is 63.8 Å². The van der Waals surface area contributed by atoms with E-state index in [1.54, 1.807) is 0 Å². The lowest BCUT2D eigenvalue weighted by Gasteiger charge is -2.03. The van der Waals surface area contributed by atoms with Crippen LogP contribution in [0, 0.1) is 0 Å². The summed E-state index contributed by atoms with van der Waals surface area (Å²) in [6.45, 7) is 1.46. The Balaban J connectivity index is 1.52. The summed E-state index contributed by atoms with van der Waals surface area (Å²) in [5.41, 5.74) is 2.36. The highest BCUT2D eigenvalue weighted by Crippen LogP contribution is 2.36. The van der Waals surface area contributed by atoms with Gasteiger partial charge in [-0.1, -0.05) is 41.9 Å². The minimum atomic E-state index is -0.270. The van der Waals surface area contributed by atoms with Crippen molar-refractivity contribution in [2.24, 2.45) is 0 Å². The van der Waals surface area contributed by atoms with Crippen LogP contribution < -0.4 is 10.6 Å². The van der Waals surface area contributed by atoms with Gasteiger partial charge in [0.2, 0.25) is 5.91 Å². The predicted molar refractivity (Wildman–Crippen MR) is 117 cm³/mol. The van der Waals surface area contributed by atoms with E-state index in [2.05, 4.69) is 15.6 Å². The van der Waals surface area contributed by atoms with E-state index in [-0.39, 0.29) is 11.8 Å². The first-order chi connectivity index (χ1) is 13.5. The van der Waals surface area contributed by atoms with Crippen molar-refractivity contribution in [1.29, 1.82) is 0 Å². The molecule has 8 heteroatoms. The SMILES string of the molecule is CC(=O)Nc1ccc(-c2csc(NC(=O)c3sc4ccccc4c3Cl)n2)cc1. The second-order valence-electron chi connectivity index (χ2n) is 5.99. The number of rotatable bonds is 4. The van der Waals surface area contributed by atoms with Crippen molar-refractivity contribution in [3.63, 3.8) is 0 Å². The number of aromatic nitrogens is 1. The van der Waals surface area contributed by atoms with E-state index in [1.807, 2.05) is 53.9 Å². The molecule has 0 fully saturated rings. The predicted octanol–water partition coefficient (Wildman–Crippen LogP) is 5.89. The van der Waals surface area contributed by atoms with Crippen LogP contribution in [0.5, 0.6) is 0 Å². The smallest absolute Gasteiger partial charge is 0.269 e. The highest BCUT2D eigenvalue weighted by Gasteiger charge is 2.18. The molecule has 0 saturated carbocycles. The number of halogens is 1. The molecule has 0 bridgehead atoms. The molecule has 2 N–H and O–H groups in total. The number of benzene rings is 2. The van der Waals surface area contributed by atoms with Crippen LogP contribution in [0.2, 0.25) is 5.02 Å². The summed E-state index contributed by atoms with van der Waals surface area (Å²) in [7, 11) is 0. The van der Waals surface area contributed by atoms with Gasteiger partial charge >= 0.3 is 0 Å². The zero-order chi connectivity index (χ0) is 19.7. The first kappa shape index (κ1) is 18.6. The van der Waals surface area contributed by atoms with Crippen LogP contribution in [0.1, 0.15) is 16.6 Å². The number of nitrogens with zero attached hydrogens (tertiary/aromatic N) is 1. The molecule has 4 rings (SSSR count). The minimum absolute atomic E-state index is 0.119. The van der Waals surface area contributed by atoms with Gasteiger partial charge in [-0.3, -0.25) is 14.9 Å². The summed E-state index contributed by atoms with van der Waals surface area (Å²) < 4.78 is 0.969. The van der Waals surface area contributed by atoms with Gasteiger partial charge in [0.15, 0.2) is 5.13 Å². The van der Waals surface area contributed by atoms with Crippen LogP contribution >= 0.6 is 34.3 Å². The van der Waals surface area contributed by atoms with Gasteiger partial charge in [0.25, 0.3) is 5.91 Å². The third-order valence-corrected chi connectivity index (χ3v) is 6.40. The van der Waals surface area contributed by atoms with Crippen molar-refractivity contribution in [1.82, 2.24) is 4.98 Å². The summed E-state index contributed by atoms with van der Waals surface area (Å²) in [5.74, 6) is -0.389. The summed E-state index contributed by atoms with van der Waals surface area (Å²) >= 11 is 9.08. The van der Waals surface area contributed by atoms with Gasteiger partial charge in [-0.15, -0.1) is 22.7 Å². The van der Waals surface area contributed by atoms with Gasteiger partial charge < -0.3 is 5.32 Å². The first-order valence-corrected chi connectivity index (χ1v) is 10.4. The van der Waals surface area contributed by atoms with E-state index < -0.39 is 0 Å². The number of hydrogen-bond donors (Lipinski definition) is 2. The molecule has 0 spiro atoms. The quantitative estimate of drug-likeness (QED) is 0.426. The molecule has 140 valence electrons. The molecule has 0 aliphatic heterocycles. The van der Waals surface area contributed by atoms with Crippen LogP contribution in [0.4, 0.5) is 10.8 Å². The third kappa shape index (κ3) is 3.77. The third-order valence-electron chi connectivity index (χ3n) is 3.97. The second-order valence-corrected chi connectivity index (χ2v) is 8.28. The molecule has 2 heterocycles. The first-order valence-electron chi connectivity index (χ1n) is 8.33. The van der Waals surface area contributed by atoms with Gasteiger partial charge in [-0.05, 0) is 18.2 Å². The Morgan fingerprint density at radius 3 is 2.50 bits per heavy atom. The molecular formula is C20H14ClN3O2S2. The Labute approximate surface area is 174 Å². The molecule has 2 amide bonds. The molecule has 0 atom stereocenters. The lowest BCUT2D eigenvalue weighted by Crippen LogP contribution is -2.10. The highest BCUT2D eigenvalue weighted by atomic mass is 35.5. The minimum Gasteiger partial charge on any atom is -0.326 e. The average molecular weight is 428 g/mol. The molecule has 2 aromatic carbocycles. The molecule has 0 aliphatic rings. The fraction of sp³-hybridized carbons (Fsp3) is 0.0500. The van der Waals surface area contributed by atoms with Gasteiger partial charge in [-0.25, -0.2) is 4.98 Å². The summed E-state index contributed by atoms with van der Waals surface area (Å²) in [6.07, 6.45) is 0. The van der Waals surface area contributed by atoms with Crippen LogP contribution in [0.25, 0.3) is 21.3 Å². The zero-order valence-electron chi connectivity index (χ0n) is 14.7. The number of anilines is 2. The number of carbonyl (C=O) groups is 2. The van der Waals surface area contributed by atoms with Crippen molar-refractivity contribution in [2.45, 2.75) is 6.92 Å². The Morgan fingerprint density at radius 1 is 1.04 bits per heavy atom. The van der Waals surface area contributed by atoms with E-state index in [0.717, 1.165) is 27.0 Å². The summed E-state index contributed by atoms with van der Waals surface area (Å²) in [4.78, 5) is 28.7. The maximum Gasteiger partial charge on any atom is 0.269 e. The maximum absolute atomic E-state index is 12.6. The molecule has 4 aromatic rings. The summed E-state index contributed by atoms with van der Waals surface area (Å²) in [6, 6.07) is 15.0. The van der Waals surface area contributed by atoms with Crippen molar-refractivity contribution >= 4 is 67.0 Å². The molecule has 0 radical (unpaired) electrons. The molecule has 28 heavy (non-hydrogen) atoms. The topological polar surface area (TPSA) is 71.1 Å². The van der Waals surface area contributed by atoms with Gasteiger partial charge in [0, 0.05) is 33.6 Å². The fourth-order valence-electron chi connectivity index (χ4n) is 2.71. The lowest BCUT2D eigenvalue weighted by atomic mass is 10.1. The Morgan fingerprint density at radius 2 is 1.79 bits per heavy atom. The van der Waals surface area contributed by atoms with Crippen LogP contribution in [0.3, 0.4) is 0 Å². The number of nitrogens with one attached hydrogen (secondary N) is 2. The standard InChI is InChI=1S/C20H14ClN3O2S2/c1-11(25)22-13-8-6-12(7-9-13)15-10-27-20(23-15)24-19(26)18-17(21)14-4-2-3-5-16(14)28-18/h2-10H,1H3,(H,22,25)(H,23,24,26). The number of fused-ring (bicyclic) bond motifs is 1. The zero-order valence-corrected chi connectivity index (χ0v) is 17.0. The normalized spacial score (nSPS) is 10.8. The van der Waals surface area contributed by atoms with E-state index in [4.69, 9.17) is 11.6 Å². The lowest BCUT2D eigenvalue weighted by molar-refractivity contribution is -0.114. The highest BCUT2D eigenvalue weighted by molar-refractivity contribution is 7.21. The average Bonchev–Trinajstić information content (AvgIpc) is 3.27. The van der Waals surface area contributed by atoms with Gasteiger partial charge in [-0.2, -0.15) is 0 Å². The molecule has 2 aromatic heterocycles. The number of thiophene rings is 1. The Hall–Kier alpha value is -2.74. The molecule has 0 aliphatic carbocycles. The molecule has 5 nitrogen and oxygen atoms in total. The van der Waals surface area contributed by atoms with E-state index in [0.29, 0.717) is 15.0 Å². The van der Waals surface area contributed by atoms with Crippen molar-refractivity contribution < 1.29 is 9.59 Å². The number of amides is 2. The Kier molecular flexibility index (Phi) is 5.13. The van der Waals surface area contributed by atoms with Gasteiger partial charge in [0.05, 0.1) is 10.7 Å². The van der Waals surface area contributed by atoms with E-state index in [9.17, 15) is 9.59 Å². The number of thiazole rings is 1. The number of carbonyl (C=O) groups excluding carboxylic acids is 2. The van der Waals surface area contributed by atoms with Crippen molar-refractivity contribution in [3.8, 4) is 11.3 Å². The molecular weight excluding hydrogens is 414 g/mol. The summed E-state index contributed by atoms with van der Waals surface area (Å²) in [5, 5.41) is 9.25. The van der Waals surface area contributed by atoms with Crippen LogP contribution in [-0.2, 0) is 4.79 Å². The number of hydrogen-bond acceptors (Lipinski definition) is 5. The Bertz CT molecular complexity index is 1180. The molecule has 0 saturated heterocycles. The second kappa shape index (κ2) is 7.71. The monoisotopic (exact) mass is 427 g/mol. The van der Waals surface area contributed by atoms with E-state index >= 15 is 0 Å². The van der Waals surface area contributed by atoms with Crippen LogP contribution in [-0.4, -0.2) is 16.8 Å². The van der Waals surface area contributed by atoms with Crippen LogP contribution in [0.15, 0.2) is 53.9 Å². The molecule has 0 unspecified atom stereocenters. The van der Waals surface area contributed by atoms with E-state index in [1.165, 1.54) is 29.6 Å².